The van der Waals surface area contributed by atoms with E-state index in [9.17, 15) is 4.79 Å². The summed E-state index contributed by atoms with van der Waals surface area (Å²) in [6, 6.07) is 2.47. The summed E-state index contributed by atoms with van der Waals surface area (Å²) in [7, 11) is 0. The van der Waals surface area contributed by atoms with Crippen molar-refractivity contribution in [1.82, 2.24) is 10.2 Å². The van der Waals surface area contributed by atoms with Gasteiger partial charge >= 0.3 is 6.09 Å². The number of nitrogens with zero attached hydrogens (tertiary/aromatic N) is 1. The first-order valence-electron chi connectivity index (χ1n) is 7.11. The highest BCUT2D eigenvalue weighted by atomic mass is 16.6. The Morgan fingerprint density at radius 3 is 2.90 bits per heavy atom. The number of rotatable bonds is 3. The average molecular weight is 280 g/mol. The smallest absolute Gasteiger partial charge is 0.410 e. The van der Waals surface area contributed by atoms with Gasteiger partial charge in [0.05, 0.1) is 12.5 Å². The van der Waals surface area contributed by atoms with Gasteiger partial charge in [-0.1, -0.05) is 0 Å². The van der Waals surface area contributed by atoms with E-state index in [2.05, 4.69) is 12.2 Å². The van der Waals surface area contributed by atoms with E-state index in [1.54, 1.807) is 17.4 Å². The molecule has 0 bridgehead atoms. The van der Waals surface area contributed by atoms with Crippen LogP contribution in [0.25, 0.3) is 0 Å². The molecule has 0 aromatic carbocycles. The lowest BCUT2D eigenvalue weighted by atomic mass is 10.1. The lowest BCUT2D eigenvalue weighted by Gasteiger charge is -2.25. The molecule has 1 N–H and O–H groups in total. The van der Waals surface area contributed by atoms with E-state index in [-0.39, 0.29) is 12.1 Å². The third kappa shape index (κ3) is 4.00. The van der Waals surface area contributed by atoms with Gasteiger partial charge in [-0.2, -0.15) is 0 Å². The first-order valence-corrected chi connectivity index (χ1v) is 7.11. The predicted octanol–water partition coefficient (Wildman–Crippen LogP) is 2.94. The molecule has 1 aromatic rings. The molecule has 1 saturated heterocycles. The molecule has 1 aromatic heterocycles. The molecule has 1 aliphatic rings. The molecule has 1 fully saturated rings. The molecule has 5 heteroatoms. The van der Waals surface area contributed by atoms with Crippen LogP contribution in [0, 0.1) is 0 Å². The highest BCUT2D eigenvalue weighted by Crippen LogP contribution is 2.19. The molecule has 2 unspecified atom stereocenters. The summed E-state index contributed by atoms with van der Waals surface area (Å²) < 4.78 is 10.5. The zero-order chi connectivity index (χ0) is 14.8. The zero-order valence-corrected chi connectivity index (χ0v) is 12.7. The summed E-state index contributed by atoms with van der Waals surface area (Å²) >= 11 is 0. The van der Waals surface area contributed by atoms with E-state index in [1.165, 1.54) is 0 Å². The monoisotopic (exact) mass is 280 g/mol. The van der Waals surface area contributed by atoms with E-state index in [1.807, 2.05) is 26.8 Å². The summed E-state index contributed by atoms with van der Waals surface area (Å²) in [5.41, 5.74) is 0.688. The van der Waals surface area contributed by atoms with Crippen molar-refractivity contribution in [3.8, 4) is 0 Å². The second-order valence-corrected chi connectivity index (χ2v) is 6.36. The van der Waals surface area contributed by atoms with Crippen LogP contribution >= 0.6 is 0 Å². The van der Waals surface area contributed by atoms with Gasteiger partial charge in [0.25, 0.3) is 0 Å². The summed E-state index contributed by atoms with van der Waals surface area (Å²) in [6.07, 6.45) is 4.15. The maximum Gasteiger partial charge on any atom is 0.410 e. The van der Waals surface area contributed by atoms with Crippen LogP contribution in [0.2, 0.25) is 0 Å². The Kier molecular flexibility index (Phi) is 4.38. The van der Waals surface area contributed by atoms with Crippen LogP contribution in [-0.2, 0) is 4.74 Å². The molecular weight excluding hydrogens is 256 g/mol. The van der Waals surface area contributed by atoms with Gasteiger partial charge in [0, 0.05) is 30.7 Å². The van der Waals surface area contributed by atoms with Crippen LogP contribution < -0.4 is 5.32 Å². The van der Waals surface area contributed by atoms with Crippen molar-refractivity contribution in [3.63, 3.8) is 0 Å². The molecule has 0 saturated carbocycles. The molecule has 2 rings (SSSR count). The van der Waals surface area contributed by atoms with E-state index in [4.69, 9.17) is 9.15 Å². The minimum Gasteiger partial charge on any atom is -0.472 e. The Hall–Kier alpha value is -1.49. The number of nitrogens with one attached hydrogen (secondary N) is 1. The second kappa shape index (κ2) is 5.87. The largest absolute Gasteiger partial charge is 0.472 e. The average Bonchev–Trinajstić information content (AvgIpc) is 2.97. The maximum atomic E-state index is 12.0. The normalized spacial score (nSPS) is 21.0. The van der Waals surface area contributed by atoms with Gasteiger partial charge in [-0.3, -0.25) is 0 Å². The van der Waals surface area contributed by atoms with Gasteiger partial charge in [-0.15, -0.1) is 0 Å². The molecule has 0 radical (unpaired) electrons. The molecular formula is C15H24N2O3. The molecule has 112 valence electrons. The predicted molar refractivity (Wildman–Crippen MR) is 76.5 cm³/mol. The van der Waals surface area contributed by atoms with Gasteiger partial charge in [0.15, 0.2) is 0 Å². The van der Waals surface area contributed by atoms with Gasteiger partial charge in [0.1, 0.15) is 5.60 Å². The van der Waals surface area contributed by atoms with Gasteiger partial charge in [-0.25, -0.2) is 4.79 Å². The zero-order valence-electron chi connectivity index (χ0n) is 12.7. The van der Waals surface area contributed by atoms with Crippen molar-refractivity contribution in [3.05, 3.63) is 24.2 Å². The number of likely N-dealkylation sites (tertiary alicyclic amines) is 1. The Bertz CT molecular complexity index is 436. The fraction of sp³-hybridized carbons (Fsp3) is 0.667. The van der Waals surface area contributed by atoms with Crippen molar-refractivity contribution < 1.29 is 13.9 Å². The van der Waals surface area contributed by atoms with Crippen LogP contribution in [0.4, 0.5) is 4.79 Å². The molecule has 5 nitrogen and oxygen atoms in total. The van der Waals surface area contributed by atoms with Gasteiger partial charge in [-0.05, 0) is 40.2 Å². The summed E-state index contributed by atoms with van der Waals surface area (Å²) in [4.78, 5) is 13.8. The molecule has 1 amide bonds. The summed E-state index contributed by atoms with van der Waals surface area (Å²) in [5, 5.41) is 3.52. The van der Waals surface area contributed by atoms with Crippen molar-refractivity contribution in [1.29, 1.82) is 0 Å². The molecule has 0 spiro atoms. The van der Waals surface area contributed by atoms with Crippen LogP contribution in [-0.4, -0.2) is 35.7 Å². The third-order valence-electron chi connectivity index (χ3n) is 3.37. The van der Waals surface area contributed by atoms with Crippen molar-refractivity contribution in [2.75, 3.05) is 13.1 Å². The SMILES string of the molecule is CC(NC1CCN(C(=O)OC(C)(C)C)C1)c1ccoc1. The third-order valence-corrected chi connectivity index (χ3v) is 3.37. The first kappa shape index (κ1) is 14.9. The molecule has 0 aliphatic carbocycles. The second-order valence-electron chi connectivity index (χ2n) is 6.36. The van der Waals surface area contributed by atoms with Crippen molar-refractivity contribution >= 4 is 6.09 Å². The maximum absolute atomic E-state index is 12.0. The summed E-state index contributed by atoms with van der Waals surface area (Å²) in [5.74, 6) is 0. The standard InChI is InChI=1S/C15H24N2O3/c1-11(12-6-8-19-10-12)16-13-5-7-17(9-13)14(18)20-15(2,3)4/h6,8,10-11,13,16H,5,7,9H2,1-4H3. The summed E-state index contributed by atoms with van der Waals surface area (Å²) in [6.45, 7) is 9.19. The lowest BCUT2D eigenvalue weighted by Crippen LogP contribution is -2.38. The Morgan fingerprint density at radius 1 is 1.55 bits per heavy atom. The molecule has 1 aliphatic heterocycles. The number of hydrogen-bond acceptors (Lipinski definition) is 4. The van der Waals surface area contributed by atoms with Gasteiger partial charge < -0.3 is 19.4 Å². The van der Waals surface area contributed by atoms with Crippen molar-refractivity contribution in [2.45, 2.75) is 51.8 Å². The lowest BCUT2D eigenvalue weighted by molar-refractivity contribution is 0.0290. The number of ether oxygens (including phenoxy) is 1. The highest BCUT2D eigenvalue weighted by Gasteiger charge is 2.30. The Morgan fingerprint density at radius 2 is 2.30 bits per heavy atom. The van der Waals surface area contributed by atoms with Crippen molar-refractivity contribution in [2.24, 2.45) is 0 Å². The topological polar surface area (TPSA) is 54.7 Å². The number of carbonyl (C=O) groups excluding carboxylic acids is 1. The fourth-order valence-electron chi connectivity index (χ4n) is 2.36. The van der Waals surface area contributed by atoms with E-state index >= 15 is 0 Å². The van der Waals surface area contributed by atoms with Crippen LogP contribution in [0.15, 0.2) is 23.0 Å². The number of carbonyl (C=O) groups is 1. The highest BCUT2D eigenvalue weighted by molar-refractivity contribution is 5.68. The van der Waals surface area contributed by atoms with Crippen LogP contribution in [0.3, 0.4) is 0 Å². The number of amides is 1. The minimum absolute atomic E-state index is 0.220. The van der Waals surface area contributed by atoms with Crippen LogP contribution in [0.5, 0.6) is 0 Å². The molecule has 20 heavy (non-hydrogen) atoms. The molecule has 2 heterocycles. The Balaban J connectivity index is 1.82. The number of hydrogen-bond donors (Lipinski definition) is 1. The number of furan rings is 1. The van der Waals surface area contributed by atoms with E-state index < -0.39 is 5.60 Å². The van der Waals surface area contributed by atoms with Gasteiger partial charge in [0.2, 0.25) is 0 Å². The minimum atomic E-state index is -0.438. The van der Waals surface area contributed by atoms with Crippen LogP contribution in [0.1, 0.15) is 45.7 Å². The Labute approximate surface area is 120 Å². The first-order chi connectivity index (χ1) is 9.35. The molecule has 2 atom stereocenters. The van der Waals surface area contributed by atoms with E-state index in [0.29, 0.717) is 12.6 Å². The quantitative estimate of drug-likeness (QED) is 0.925. The van der Waals surface area contributed by atoms with E-state index in [0.717, 1.165) is 18.5 Å². The fourth-order valence-corrected chi connectivity index (χ4v) is 2.36.